The number of benzene rings is 1. The van der Waals surface area contributed by atoms with Gasteiger partial charge in [-0.3, -0.25) is 0 Å². The molecule has 0 atom stereocenters. The Morgan fingerprint density at radius 3 is 2.82 bits per heavy atom. The number of hydrogen-bond acceptors (Lipinski definition) is 4. The van der Waals surface area contributed by atoms with Crippen LogP contribution < -0.4 is 4.74 Å². The average molecular weight is 269 g/mol. The molecule has 0 aliphatic heterocycles. The minimum atomic E-state index is 0.463. The first kappa shape index (κ1) is 12.1. The summed E-state index contributed by atoms with van der Waals surface area (Å²) in [6.07, 6.45) is 0. The van der Waals surface area contributed by atoms with Crippen molar-refractivity contribution in [2.24, 2.45) is 0 Å². The fourth-order valence-electron chi connectivity index (χ4n) is 1.63. The van der Waals surface area contributed by atoms with Gasteiger partial charge in [0, 0.05) is 16.7 Å². The van der Waals surface area contributed by atoms with Gasteiger partial charge in [0.2, 0.25) is 0 Å². The van der Waals surface area contributed by atoms with Gasteiger partial charge >= 0.3 is 0 Å². The van der Waals surface area contributed by atoms with E-state index in [4.69, 9.17) is 29.0 Å². The van der Waals surface area contributed by atoms with Gasteiger partial charge < -0.3 is 21.9 Å². The van der Waals surface area contributed by atoms with E-state index >= 15 is 0 Å². The van der Waals surface area contributed by atoms with Crippen LogP contribution in [0.25, 0.3) is 11.4 Å². The van der Waals surface area contributed by atoms with Crippen LogP contribution >= 0.6 is 11.6 Å². The molecule has 0 saturated carbocycles. The summed E-state index contributed by atoms with van der Waals surface area (Å²) in [5, 5.41) is 9.06. The highest BCUT2D eigenvalue weighted by Gasteiger charge is 2.12. The Balaban J connectivity index is 2.62. The molecule has 1 aromatic carbocycles. The summed E-state index contributed by atoms with van der Waals surface area (Å²) < 4.78 is 7.13. The molecular formula is C11H11ClN3OS-. The minimum Gasteiger partial charge on any atom is -0.740 e. The number of rotatable bonds is 3. The fraction of sp³-hybridized carbons (Fsp3) is 0.273. The predicted molar refractivity (Wildman–Crippen MR) is 68.3 cm³/mol. The van der Waals surface area contributed by atoms with Crippen LogP contribution in [0.4, 0.5) is 0 Å². The third kappa shape index (κ3) is 2.21. The van der Waals surface area contributed by atoms with Crippen molar-refractivity contribution in [2.45, 2.75) is 18.6 Å². The van der Waals surface area contributed by atoms with E-state index in [9.17, 15) is 0 Å². The summed E-state index contributed by atoms with van der Waals surface area (Å²) in [5.41, 5.74) is 0.797. The molecule has 17 heavy (non-hydrogen) atoms. The van der Waals surface area contributed by atoms with Crippen molar-refractivity contribution in [1.82, 2.24) is 14.8 Å². The van der Waals surface area contributed by atoms with Gasteiger partial charge in [-0.05, 0) is 25.1 Å². The van der Waals surface area contributed by atoms with Crippen LogP contribution in [0.2, 0.25) is 5.02 Å². The number of aromatic nitrogens is 3. The second-order valence-electron chi connectivity index (χ2n) is 3.40. The molecule has 0 bridgehead atoms. The van der Waals surface area contributed by atoms with Crippen LogP contribution in [-0.4, -0.2) is 21.9 Å². The Morgan fingerprint density at radius 2 is 2.18 bits per heavy atom. The SMILES string of the molecule is CCn1c([S-])nnc1-c1cc(Cl)ccc1OC. The smallest absolute Gasteiger partial charge is 0.166 e. The molecule has 1 heterocycles. The quantitative estimate of drug-likeness (QED) is 0.802. The standard InChI is InChI=1S/C11H12ClN3OS/c1-3-15-10(13-14-11(15)17)8-6-7(12)4-5-9(8)16-2/h4-6H,3H2,1-2H3,(H,14,17)/p-1. The summed E-state index contributed by atoms with van der Waals surface area (Å²) in [7, 11) is 1.61. The molecule has 6 heteroatoms. The highest BCUT2D eigenvalue weighted by Crippen LogP contribution is 2.31. The first-order chi connectivity index (χ1) is 8.17. The summed E-state index contributed by atoms with van der Waals surface area (Å²) in [5.74, 6) is 1.38. The van der Waals surface area contributed by atoms with Gasteiger partial charge in [0.25, 0.3) is 0 Å². The lowest BCUT2D eigenvalue weighted by Crippen LogP contribution is -2.00. The van der Waals surface area contributed by atoms with E-state index in [0.717, 1.165) is 5.56 Å². The molecule has 2 rings (SSSR count). The van der Waals surface area contributed by atoms with E-state index in [0.29, 0.717) is 28.3 Å². The zero-order valence-corrected chi connectivity index (χ0v) is 11.0. The zero-order valence-electron chi connectivity index (χ0n) is 9.48. The van der Waals surface area contributed by atoms with Gasteiger partial charge in [0.15, 0.2) is 5.82 Å². The normalized spacial score (nSPS) is 10.5. The Kier molecular flexibility index (Phi) is 3.49. The topological polar surface area (TPSA) is 39.9 Å². The van der Waals surface area contributed by atoms with Crippen LogP contribution in [0.3, 0.4) is 0 Å². The molecule has 0 amide bonds. The molecule has 0 aliphatic rings. The van der Waals surface area contributed by atoms with Crippen molar-refractivity contribution in [3.05, 3.63) is 23.2 Å². The van der Waals surface area contributed by atoms with E-state index in [2.05, 4.69) is 10.2 Å². The van der Waals surface area contributed by atoms with Crippen LogP contribution in [0.1, 0.15) is 6.92 Å². The summed E-state index contributed by atoms with van der Waals surface area (Å²) >= 11 is 11.1. The van der Waals surface area contributed by atoms with Crippen LogP contribution in [0.5, 0.6) is 5.75 Å². The third-order valence-electron chi connectivity index (χ3n) is 2.44. The van der Waals surface area contributed by atoms with Crippen molar-refractivity contribution in [1.29, 1.82) is 0 Å². The maximum atomic E-state index is 5.99. The van der Waals surface area contributed by atoms with E-state index in [1.165, 1.54) is 0 Å². The highest BCUT2D eigenvalue weighted by molar-refractivity contribution is 7.58. The first-order valence-corrected chi connectivity index (χ1v) is 5.90. The van der Waals surface area contributed by atoms with E-state index in [1.807, 2.05) is 11.5 Å². The summed E-state index contributed by atoms with van der Waals surface area (Å²) in [4.78, 5) is 0. The lowest BCUT2D eigenvalue weighted by molar-refractivity contribution is 0.416. The van der Waals surface area contributed by atoms with Gasteiger partial charge in [-0.2, -0.15) is 5.10 Å². The van der Waals surface area contributed by atoms with Gasteiger partial charge in [-0.25, -0.2) is 0 Å². The van der Waals surface area contributed by atoms with Gasteiger partial charge in [-0.15, -0.1) is 5.10 Å². The Bertz CT molecular complexity index is 542. The van der Waals surface area contributed by atoms with E-state index < -0.39 is 0 Å². The Hall–Kier alpha value is -1.33. The molecule has 90 valence electrons. The van der Waals surface area contributed by atoms with Crippen LogP contribution in [-0.2, 0) is 19.2 Å². The van der Waals surface area contributed by atoms with Gasteiger partial charge in [-0.1, -0.05) is 11.6 Å². The molecule has 0 aliphatic carbocycles. The lowest BCUT2D eigenvalue weighted by Gasteiger charge is -2.12. The predicted octanol–water partition coefficient (Wildman–Crippen LogP) is 2.53. The van der Waals surface area contributed by atoms with E-state index in [-0.39, 0.29) is 0 Å². The Morgan fingerprint density at radius 1 is 1.41 bits per heavy atom. The summed E-state index contributed by atoms with van der Waals surface area (Å²) in [6.45, 7) is 2.69. The lowest BCUT2D eigenvalue weighted by atomic mass is 10.2. The molecule has 0 N–H and O–H groups in total. The fourth-order valence-corrected chi connectivity index (χ4v) is 2.06. The average Bonchev–Trinajstić information content (AvgIpc) is 2.70. The number of halogens is 1. The molecule has 0 spiro atoms. The molecule has 0 saturated heterocycles. The van der Waals surface area contributed by atoms with Crippen molar-refractivity contribution < 1.29 is 4.74 Å². The van der Waals surface area contributed by atoms with Gasteiger partial charge in [0.1, 0.15) is 5.75 Å². The molecule has 2 aromatic rings. The molecule has 0 radical (unpaired) electrons. The molecule has 1 aromatic heterocycles. The zero-order chi connectivity index (χ0) is 12.4. The largest absolute Gasteiger partial charge is 0.740 e. The maximum Gasteiger partial charge on any atom is 0.166 e. The van der Waals surface area contributed by atoms with E-state index in [1.54, 1.807) is 25.3 Å². The van der Waals surface area contributed by atoms with Crippen molar-refractivity contribution in [3.63, 3.8) is 0 Å². The highest BCUT2D eigenvalue weighted by atomic mass is 35.5. The first-order valence-electron chi connectivity index (χ1n) is 5.11. The van der Waals surface area contributed by atoms with Crippen molar-refractivity contribution >= 4 is 24.2 Å². The van der Waals surface area contributed by atoms with Crippen molar-refractivity contribution in [3.8, 4) is 17.1 Å². The maximum absolute atomic E-state index is 5.99. The minimum absolute atomic E-state index is 0.463. The molecule has 0 unspecified atom stereocenters. The number of ether oxygens (including phenoxy) is 1. The van der Waals surface area contributed by atoms with Crippen LogP contribution in [0.15, 0.2) is 23.4 Å². The number of hydrogen-bond donors (Lipinski definition) is 0. The van der Waals surface area contributed by atoms with Gasteiger partial charge in [0.05, 0.1) is 12.7 Å². The van der Waals surface area contributed by atoms with Crippen molar-refractivity contribution in [2.75, 3.05) is 7.11 Å². The van der Waals surface area contributed by atoms with Crippen LogP contribution in [0, 0.1) is 0 Å². The second kappa shape index (κ2) is 4.89. The molecular weight excluding hydrogens is 258 g/mol. The molecule has 0 fully saturated rings. The molecule has 4 nitrogen and oxygen atoms in total. The Labute approximate surface area is 110 Å². The number of methoxy groups -OCH3 is 1. The second-order valence-corrected chi connectivity index (χ2v) is 4.20. The third-order valence-corrected chi connectivity index (χ3v) is 2.97. The monoisotopic (exact) mass is 268 g/mol. The number of nitrogens with zero attached hydrogens (tertiary/aromatic N) is 3. The summed E-state index contributed by atoms with van der Waals surface area (Å²) in [6, 6.07) is 5.37.